The standard InChI is InChI=1S/C8H14O3/c1-5(9)8(10)11-6(2)7-3-4-7/h5-7,9H,3-4H2,1-2H3. The van der Waals surface area contributed by atoms with Gasteiger partial charge in [-0.25, -0.2) is 4.79 Å². The molecular formula is C8H14O3. The third-order valence-corrected chi connectivity index (χ3v) is 1.93. The lowest BCUT2D eigenvalue weighted by molar-refractivity contribution is -0.158. The second-order valence-corrected chi connectivity index (χ2v) is 3.16. The molecule has 0 amide bonds. The Hall–Kier alpha value is -0.570. The third-order valence-electron chi connectivity index (χ3n) is 1.93. The summed E-state index contributed by atoms with van der Waals surface area (Å²) in [5.41, 5.74) is 0. The molecule has 0 aliphatic heterocycles. The molecule has 1 fully saturated rings. The molecule has 0 aromatic carbocycles. The molecule has 2 unspecified atom stereocenters. The number of esters is 1. The van der Waals surface area contributed by atoms with Gasteiger partial charge in [0, 0.05) is 0 Å². The molecule has 64 valence electrons. The van der Waals surface area contributed by atoms with Gasteiger partial charge in [0.2, 0.25) is 0 Å². The maximum atomic E-state index is 10.8. The van der Waals surface area contributed by atoms with Gasteiger partial charge in [0.25, 0.3) is 0 Å². The highest BCUT2D eigenvalue weighted by Gasteiger charge is 2.31. The smallest absolute Gasteiger partial charge is 0.334 e. The van der Waals surface area contributed by atoms with E-state index in [0.717, 1.165) is 12.8 Å². The molecule has 1 N–H and O–H groups in total. The van der Waals surface area contributed by atoms with Crippen molar-refractivity contribution in [3.05, 3.63) is 0 Å². The quantitative estimate of drug-likeness (QED) is 0.615. The summed E-state index contributed by atoms with van der Waals surface area (Å²) in [5.74, 6) is 0.0297. The Morgan fingerprint density at radius 3 is 2.45 bits per heavy atom. The number of rotatable bonds is 3. The minimum Gasteiger partial charge on any atom is -0.460 e. The lowest BCUT2D eigenvalue weighted by atomic mass is 10.2. The van der Waals surface area contributed by atoms with Gasteiger partial charge < -0.3 is 9.84 Å². The highest BCUT2D eigenvalue weighted by Crippen LogP contribution is 2.34. The van der Waals surface area contributed by atoms with Crippen LogP contribution in [0.2, 0.25) is 0 Å². The van der Waals surface area contributed by atoms with Crippen molar-refractivity contribution in [2.24, 2.45) is 5.92 Å². The van der Waals surface area contributed by atoms with Gasteiger partial charge in [-0.15, -0.1) is 0 Å². The molecule has 0 bridgehead atoms. The Morgan fingerprint density at radius 2 is 2.09 bits per heavy atom. The van der Waals surface area contributed by atoms with E-state index >= 15 is 0 Å². The van der Waals surface area contributed by atoms with Gasteiger partial charge in [-0.05, 0) is 32.6 Å². The first-order chi connectivity index (χ1) is 5.11. The Bertz CT molecular complexity index is 149. The fourth-order valence-electron chi connectivity index (χ4n) is 0.944. The first kappa shape index (κ1) is 8.53. The summed E-state index contributed by atoms with van der Waals surface area (Å²) in [6, 6.07) is 0. The average Bonchev–Trinajstić information content (AvgIpc) is 2.67. The number of aliphatic hydroxyl groups excluding tert-OH is 1. The molecule has 0 heterocycles. The second-order valence-electron chi connectivity index (χ2n) is 3.16. The summed E-state index contributed by atoms with van der Waals surface area (Å²) < 4.78 is 4.95. The number of ether oxygens (including phenoxy) is 1. The topological polar surface area (TPSA) is 46.5 Å². The van der Waals surface area contributed by atoms with Crippen LogP contribution in [0, 0.1) is 5.92 Å². The van der Waals surface area contributed by atoms with Crippen LogP contribution in [0.25, 0.3) is 0 Å². The normalized spacial score (nSPS) is 22.5. The van der Waals surface area contributed by atoms with Crippen LogP contribution in [0.4, 0.5) is 0 Å². The molecule has 0 aromatic rings. The van der Waals surface area contributed by atoms with Gasteiger partial charge in [-0.2, -0.15) is 0 Å². The zero-order valence-electron chi connectivity index (χ0n) is 6.91. The molecule has 0 aromatic heterocycles. The third kappa shape index (κ3) is 2.50. The summed E-state index contributed by atoms with van der Waals surface area (Å²) in [5, 5.41) is 8.80. The SMILES string of the molecule is CC(O)C(=O)OC(C)C1CC1. The van der Waals surface area contributed by atoms with Crippen LogP contribution >= 0.6 is 0 Å². The van der Waals surface area contributed by atoms with E-state index in [1.165, 1.54) is 6.92 Å². The predicted octanol–water partition coefficient (Wildman–Crippen LogP) is 0.709. The van der Waals surface area contributed by atoms with E-state index in [4.69, 9.17) is 9.84 Å². The van der Waals surface area contributed by atoms with Gasteiger partial charge in [-0.3, -0.25) is 0 Å². The van der Waals surface area contributed by atoms with Crippen molar-refractivity contribution in [1.82, 2.24) is 0 Å². The van der Waals surface area contributed by atoms with Crippen LogP contribution in [-0.4, -0.2) is 23.3 Å². The maximum Gasteiger partial charge on any atom is 0.334 e. The second kappa shape index (κ2) is 3.22. The average molecular weight is 158 g/mol. The zero-order chi connectivity index (χ0) is 8.43. The summed E-state index contributed by atoms with van der Waals surface area (Å²) in [7, 11) is 0. The van der Waals surface area contributed by atoms with E-state index in [1.54, 1.807) is 0 Å². The maximum absolute atomic E-state index is 10.8. The lowest BCUT2D eigenvalue weighted by Crippen LogP contribution is -2.25. The summed E-state index contributed by atoms with van der Waals surface area (Å²) in [6.45, 7) is 3.29. The number of carbonyl (C=O) groups excluding carboxylic acids is 1. The van der Waals surface area contributed by atoms with Crippen molar-refractivity contribution >= 4 is 5.97 Å². The van der Waals surface area contributed by atoms with Crippen molar-refractivity contribution < 1.29 is 14.6 Å². The van der Waals surface area contributed by atoms with E-state index in [2.05, 4.69) is 0 Å². The van der Waals surface area contributed by atoms with Crippen LogP contribution < -0.4 is 0 Å². The molecule has 3 heteroatoms. The molecule has 1 saturated carbocycles. The van der Waals surface area contributed by atoms with E-state index in [1.807, 2.05) is 6.92 Å². The molecule has 1 aliphatic carbocycles. The van der Waals surface area contributed by atoms with Crippen molar-refractivity contribution in [2.75, 3.05) is 0 Å². The molecule has 11 heavy (non-hydrogen) atoms. The molecule has 0 radical (unpaired) electrons. The van der Waals surface area contributed by atoms with Gasteiger partial charge in [0.15, 0.2) is 0 Å². The summed E-state index contributed by atoms with van der Waals surface area (Å²) >= 11 is 0. The van der Waals surface area contributed by atoms with Crippen molar-refractivity contribution in [3.8, 4) is 0 Å². The van der Waals surface area contributed by atoms with E-state index < -0.39 is 12.1 Å². The largest absolute Gasteiger partial charge is 0.460 e. The van der Waals surface area contributed by atoms with E-state index in [9.17, 15) is 4.79 Å². The molecular weight excluding hydrogens is 144 g/mol. The Labute approximate surface area is 66.4 Å². The van der Waals surface area contributed by atoms with E-state index in [-0.39, 0.29) is 6.10 Å². The van der Waals surface area contributed by atoms with Crippen LogP contribution in [0.15, 0.2) is 0 Å². The van der Waals surface area contributed by atoms with Crippen LogP contribution in [0.1, 0.15) is 26.7 Å². The molecule has 0 saturated heterocycles. The minimum atomic E-state index is -0.990. The number of hydrogen-bond donors (Lipinski definition) is 1. The fraction of sp³-hybridized carbons (Fsp3) is 0.875. The van der Waals surface area contributed by atoms with Gasteiger partial charge >= 0.3 is 5.97 Å². The Balaban J connectivity index is 2.23. The van der Waals surface area contributed by atoms with Gasteiger partial charge in [-0.1, -0.05) is 0 Å². The van der Waals surface area contributed by atoms with Crippen LogP contribution in [0.3, 0.4) is 0 Å². The van der Waals surface area contributed by atoms with Crippen molar-refractivity contribution in [1.29, 1.82) is 0 Å². The zero-order valence-corrected chi connectivity index (χ0v) is 6.91. The van der Waals surface area contributed by atoms with Crippen LogP contribution in [0.5, 0.6) is 0 Å². The lowest BCUT2D eigenvalue weighted by Gasteiger charge is -2.12. The van der Waals surface area contributed by atoms with Crippen molar-refractivity contribution in [3.63, 3.8) is 0 Å². The Morgan fingerprint density at radius 1 is 1.55 bits per heavy atom. The fourth-order valence-corrected chi connectivity index (χ4v) is 0.944. The monoisotopic (exact) mass is 158 g/mol. The minimum absolute atomic E-state index is 0.0166. The molecule has 0 spiro atoms. The van der Waals surface area contributed by atoms with Gasteiger partial charge in [0.1, 0.15) is 12.2 Å². The predicted molar refractivity (Wildman–Crippen MR) is 40.0 cm³/mol. The summed E-state index contributed by atoms with van der Waals surface area (Å²) in [4.78, 5) is 10.8. The highest BCUT2D eigenvalue weighted by atomic mass is 16.6. The van der Waals surface area contributed by atoms with Crippen LogP contribution in [-0.2, 0) is 9.53 Å². The Kier molecular flexibility index (Phi) is 2.49. The van der Waals surface area contributed by atoms with E-state index in [0.29, 0.717) is 5.92 Å². The number of hydrogen-bond acceptors (Lipinski definition) is 3. The first-order valence-electron chi connectivity index (χ1n) is 4.00. The molecule has 1 rings (SSSR count). The molecule has 3 nitrogen and oxygen atoms in total. The number of aliphatic hydroxyl groups is 1. The molecule has 2 atom stereocenters. The van der Waals surface area contributed by atoms with Crippen molar-refractivity contribution in [2.45, 2.75) is 38.9 Å². The first-order valence-corrected chi connectivity index (χ1v) is 4.00. The number of carbonyl (C=O) groups is 1. The molecule has 1 aliphatic rings. The van der Waals surface area contributed by atoms with Gasteiger partial charge in [0.05, 0.1) is 0 Å². The highest BCUT2D eigenvalue weighted by molar-refractivity contribution is 5.73. The summed E-state index contributed by atoms with van der Waals surface area (Å²) in [6.07, 6.45) is 1.29.